The van der Waals surface area contributed by atoms with Crippen LogP contribution in [0.2, 0.25) is 5.02 Å². The van der Waals surface area contributed by atoms with Crippen LogP contribution in [0.5, 0.6) is 0 Å². The number of amides is 1. The van der Waals surface area contributed by atoms with Gasteiger partial charge in [-0.15, -0.1) is 0 Å². The molecule has 1 atom stereocenters. The maximum absolute atomic E-state index is 11.7. The summed E-state index contributed by atoms with van der Waals surface area (Å²) in [5.41, 5.74) is 0.821. The molecule has 90 valence electrons. The fourth-order valence-corrected chi connectivity index (χ4v) is 1.92. The fraction of sp³-hybridized carbons (Fsp3) is 0.333. The van der Waals surface area contributed by atoms with Crippen LogP contribution in [0.15, 0.2) is 24.3 Å². The van der Waals surface area contributed by atoms with E-state index in [4.69, 9.17) is 16.3 Å². The van der Waals surface area contributed by atoms with Gasteiger partial charge >= 0.3 is 5.97 Å². The predicted molar refractivity (Wildman–Crippen MR) is 62.7 cm³/mol. The highest BCUT2D eigenvalue weighted by Gasteiger charge is 2.27. The largest absolute Gasteiger partial charge is 0.464 e. The summed E-state index contributed by atoms with van der Waals surface area (Å²) >= 11 is 5.82. The number of hydrogen-bond acceptors (Lipinski definition) is 3. The summed E-state index contributed by atoms with van der Waals surface area (Å²) in [6.07, 6.45) is 0.754. The molecule has 1 saturated heterocycles. The molecule has 1 unspecified atom stereocenters. The van der Waals surface area contributed by atoms with Crippen LogP contribution in [0.3, 0.4) is 0 Å². The van der Waals surface area contributed by atoms with Gasteiger partial charge in [0.2, 0.25) is 5.91 Å². The quantitative estimate of drug-likeness (QED) is 0.827. The number of esters is 1. The molecule has 0 aliphatic carbocycles. The van der Waals surface area contributed by atoms with E-state index in [1.54, 1.807) is 18.2 Å². The van der Waals surface area contributed by atoms with Gasteiger partial charge in [0.25, 0.3) is 0 Å². The summed E-state index contributed by atoms with van der Waals surface area (Å²) in [7, 11) is 0. The molecule has 1 amide bonds. The second-order valence-corrected chi connectivity index (χ2v) is 4.32. The molecule has 0 bridgehead atoms. The lowest BCUT2D eigenvalue weighted by Crippen LogP contribution is -2.38. The minimum atomic E-state index is -0.498. The summed E-state index contributed by atoms with van der Waals surface area (Å²) in [4.78, 5) is 22.8. The van der Waals surface area contributed by atoms with Crippen molar-refractivity contribution in [2.24, 2.45) is 0 Å². The van der Waals surface area contributed by atoms with Crippen LogP contribution in [0.25, 0.3) is 0 Å². The van der Waals surface area contributed by atoms with Crippen molar-refractivity contribution in [3.05, 3.63) is 34.9 Å². The molecule has 1 aromatic rings. The lowest BCUT2D eigenvalue weighted by atomic mass is 10.1. The standard InChI is InChI=1S/C12H12ClNO3/c13-9-3-1-2-8(6-9)7-11(15)14-10-4-5-17-12(10)16/h1-3,6,10H,4-5,7H2,(H,14,15). The third-order valence-corrected chi connectivity index (χ3v) is 2.76. The van der Waals surface area contributed by atoms with Gasteiger partial charge in [0, 0.05) is 11.4 Å². The van der Waals surface area contributed by atoms with E-state index in [9.17, 15) is 9.59 Å². The van der Waals surface area contributed by atoms with Crippen molar-refractivity contribution in [2.75, 3.05) is 6.61 Å². The molecule has 0 radical (unpaired) electrons. The number of rotatable bonds is 3. The molecule has 17 heavy (non-hydrogen) atoms. The zero-order chi connectivity index (χ0) is 12.3. The van der Waals surface area contributed by atoms with E-state index in [-0.39, 0.29) is 18.3 Å². The first kappa shape index (κ1) is 11.9. The lowest BCUT2D eigenvalue weighted by Gasteiger charge is -2.08. The Hall–Kier alpha value is -1.55. The second-order valence-electron chi connectivity index (χ2n) is 3.88. The maximum atomic E-state index is 11.7. The number of carbonyl (C=O) groups excluding carboxylic acids is 2. The van der Waals surface area contributed by atoms with Crippen molar-refractivity contribution < 1.29 is 14.3 Å². The van der Waals surface area contributed by atoms with Gasteiger partial charge in [0.15, 0.2) is 0 Å². The zero-order valence-electron chi connectivity index (χ0n) is 9.11. The first-order valence-electron chi connectivity index (χ1n) is 5.35. The Morgan fingerprint density at radius 3 is 3.00 bits per heavy atom. The smallest absolute Gasteiger partial charge is 0.328 e. The summed E-state index contributed by atoms with van der Waals surface area (Å²) in [6.45, 7) is 0.376. The van der Waals surface area contributed by atoms with Crippen molar-refractivity contribution in [3.63, 3.8) is 0 Å². The van der Waals surface area contributed by atoms with Gasteiger partial charge in [-0.3, -0.25) is 4.79 Å². The Labute approximate surface area is 104 Å². The van der Waals surface area contributed by atoms with E-state index < -0.39 is 6.04 Å². The summed E-state index contributed by atoms with van der Waals surface area (Å²) in [6, 6.07) is 6.58. The Morgan fingerprint density at radius 2 is 2.35 bits per heavy atom. The molecule has 1 heterocycles. The number of ether oxygens (including phenoxy) is 1. The topological polar surface area (TPSA) is 55.4 Å². The van der Waals surface area contributed by atoms with E-state index in [0.29, 0.717) is 18.1 Å². The number of benzene rings is 1. The summed E-state index contributed by atoms with van der Waals surface area (Å²) < 4.78 is 4.76. The summed E-state index contributed by atoms with van der Waals surface area (Å²) in [5.74, 6) is -0.555. The van der Waals surface area contributed by atoms with Crippen LogP contribution >= 0.6 is 11.6 Å². The Bertz CT molecular complexity index is 447. The highest BCUT2D eigenvalue weighted by atomic mass is 35.5. The summed E-state index contributed by atoms with van der Waals surface area (Å²) in [5, 5.41) is 3.23. The van der Waals surface area contributed by atoms with Gasteiger partial charge in [-0.05, 0) is 17.7 Å². The Kier molecular flexibility index (Phi) is 3.64. The van der Waals surface area contributed by atoms with E-state index >= 15 is 0 Å². The molecular weight excluding hydrogens is 242 g/mol. The van der Waals surface area contributed by atoms with Gasteiger partial charge in [-0.1, -0.05) is 23.7 Å². The van der Waals surface area contributed by atoms with Crippen LogP contribution in [-0.4, -0.2) is 24.5 Å². The van der Waals surface area contributed by atoms with Crippen molar-refractivity contribution in [3.8, 4) is 0 Å². The van der Waals surface area contributed by atoms with Gasteiger partial charge in [-0.2, -0.15) is 0 Å². The molecule has 0 saturated carbocycles. The minimum absolute atomic E-state index is 0.198. The number of carbonyl (C=O) groups is 2. The number of nitrogens with one attached hydrogen (secondary N) is 1. The van der Waals surface area contributed by atoms with Crippen LogP contribution in [-0.2, 0) is 20.7 Å². The van der Waals surface area contributed by atoms with Crippen LogP contribution in [0, 0.1) is 0 Å². The average Bonchev–Trinajstić information content (AvgIpc) is 2.64. The molecule has 1 N–H and O–H groups in total. The second kappa shape index (κ2) is 5.19. The maximum Gasteiger partial charge on any atom is 0.328 e. The first-order valence-corrected chi connectivity index (χ1v) is 5.73. The number of cyclic esters (lactones) is 1. The third-order valence-electron chi connectivity index (χ3n) is 2.52. The molecule has 4 nitrogen and oxygen atoms in total. The van der Waals surface area contributed by atoms with Crippen LogP contribution in [0.1, 0.15) is 12.0 Å². The van der Waals surface area contributed by atoms with E-state index in [0.717, 1.165) is 5.56 Å². The van der Waals surface area contributed by atoms with Crippen molar-refractivity contribution >= 4 is 23.5 Å². The monoisotopic (exact) mass is 253 g/mol. The van der Waals surface area contributed by atoms with Crippen molar-refractivity contribution in [1.29, 1.82) is 0 Å². The molecule has 1 aliphatic heterocycles. The SMILES string of the molecule is O=C(Cc1cccc(Cl)c1)NC1CCOC1=O. The first-order chi connectivity index (χ1) is 8.15. The average molecular weight is 254 g/mol. The molecule has 0 spiro atoms. The van der Waals surface area contributed by atoms with Crippen LogP contribution < -0.4 is 5.32 Å². The van der Waals surface area contributed by atoms with Crippen molar-refractivity contribution in [2.45, 2.75) is 18.9 Å². The third kappa shape index (κ3) is 3.20. The number of hydrogen-bond donors (Lipinski definition) is 1. The van der Waals surface area contributed by atoms with Crippen molar-refractivity contribution in [1.82, 2.24) is 5.32 Å². The zero-order valence-corrected chi connectivity index (χ0v) is 9.87. The van der Waals surface area contributed by atoms with Crippen LogP contribution in [0.4, 0.5) is 0 Å². The Balaban J connectivity index is 1.91. The van der Waals surface area contributed by atoms with E-state index in [2.05, 4.69) is 5.32 Å². The molecule has 1 aliphatic rings. The molecule has 2 rings (SSSR count). The molecule has 0 aromatic heterocycles. The molecule has 1 fully saturated rings. The van der Waals surface area contributed by atoms with E-state index in [1.807, 2.05) is 6.07 Å². The van der Waals surface area contributed by atoms with Gasteiger partial charge in [0.05, 0.1) is 13.0 Å². The highest BCUT2D eigenvalue weighted by molar-refractivity contribution is 6.30. The minimum Gasteiger partial charge on any atom is -0.464 e. The predicted octanol–water partition coefficient (Wildman–Crippen LogP) is 1.31. The normalized spacial score (nSPS) is 18.9. The highest BCUT2D eigenvalue weighted by Crippen LogP contribution is 2.11. The van der Waals surface area contributed by atoms with E-state index in [1.165, 1.54) is 0 Å². The Morgan fingerprint density at radius 1 is 1.53 bits per heavy atom. The van der Waals surface area contributed by atoms with Gasteiger partial charge in [-0.25, -0.2) is 4.79 Å². The fourth-order valence-electron chi connectivity index (χ4n) is 1.70. The number of halogens is 1. The molecule has 5 heteroatoms. The van der Waals surface area contributed by atoms with Gasteiger partial charge < -0.3 is 10.1 Å². The lowest BCUT2D eigenvalue weighted by molar-refractivity contribution is -0.141. The van der Waals surface area contributed by atoms with Gasteiger partial charge in [0.1, 0.15) is 6.04 Å². The molecular formula is C12H12ClNO3. The molecule has 1 aromatic carbocycles.